The highest BCUT2D eigenvalue weighted by molar-refractivity contribution is 6.03. The van der Waals surface area contributed by atoms with Crippen molar-refractivity contribution in [3.05, 3.63) is 72.1 Å². The third-order valence-corrected chi connectivity index (χ3v) is 5.15. The Morgan fingerprint density at radius 3 is 2.92 bits per heavy atom. The molecule has 0 bridgehead atoms. The van der Waals surface area contributed by atoms with E-state index in [-0.39, 0.29) is 23.7 Å². The van der Waals surface area contributed by atoms with Gasteiger partial charge in [0.05, 0.1) is 23.3 Å². The lowest BCUT2D eigenvalue weighted by atomic mass is 9.97. The number of nitrogens with one attached hydrogen (secondary N) is 2. The summed E-state index contributed by atoms with van der Waals surface area (Å²) in [4.78, 5) is 18.1. The Kier molecular flexibility index (Phi) is 2.91. The molecule has 0 saturated carbocycles. The summed E-state index contributed by atoms with van der Waals surface area (Å²) in [6.45, 7) is 0. The van der Waals surface area contributed by atoms with E-state index >= 15 is 0 Å². The summed E-state index contributed by atoms with van der Waals surface area (Å²) in [5.41, 5.74) is 3.16. The van der Waals surface area contributed by atoms with Gasteiger partial charge in [-0.05, 0) is 24.6 Å². The normalized spacial score (nSPS) is 21.8. The van der Waals surface area contributed by atoms with Gasteiger partial charge in [-0.3, -0.25) is 4.79 Å². The fourth-order valence-corrected chi connectivity index (χ4v) is 3.95. The van der Waals surface area contributed by atoms with Crippen LogP contribution < -0.4 is 5.32 Å². The number of H-pyrrole nitrogens is 1. The lowest BCUT2D eigenvalue weighted by Crippen LogP contribution is -2.37. The van der Waals surface area contributed by atoms with Gasteiger partial charge in [0.25, 0.3) is 5.91 Å². The topological polar surface area (TPSA) is 68.4 Å². The number of para-hydroxylation sites is 2. The lowest BCUT2D eigenvalue weighted by Gasteiger charge is -2.29. The number of benzene rings is 2. The number of phenols is 1. The van der Waals surface area contributed by atoms with Crippen molar-refractivity contribution in [1.82, 2.24) is 9.88 Å². The van der Waals surface area contributed by atoms with Crippen LogP contribution in [0.25, 0.3) is 10.9 Å². The number of nitrogens with zero attached hydrogens (tertiary/aromatic N) is 1. The van der Waals surface area contributed by atoms with Crippen LogP contribution in [0.2, 0.25) is 0 Å². The van der Waals surface area contributed by atoms with Crippen molar-refractivity contribution < 1.29 is 9.90 Å². The van der Waals surface area contributed by atoms with Crippen molar-refractivity contribution in [3.8, 4) is 5.75 Å². The van der Waals surface area contributed by atoms with E-state index in [4.69, 9.17) is 0 Å². The summed E-state index contributed by atoms with van der Waals surface area (Å²) in [7, 11) is 0. The van der Waals surface area contributed by atoms with Crippen LogP contribution in [0.5, 0.6) is 5.75 Å². The minimum absolute atomic E-state index is 0.0292. The summed E-state index contributed by atoms with van der Waals surface area (Å²) in [5, 5.41) is 14.9. The van der Waals surface area contributed by atoms with Gasteiger partial charge in [-0.15, -0.1) is 0 Å². The molecule has 0 radical (unpaired) electrons. The minimum Gasteiger partial charge on any atom is -0.506 e. The Morgan fingerprint density at radius 1 is 1.12 bits per heavy atom. The van der Waals surface area contributed by atoms with Crippen LogP contribution in [0.15, 0.2) is 60.9 Å². The molecule has 5 nitrogen and oxygen atoms in total. The first kappa shape index (κ1) is 14.2. The predicted octanol–water partition coefficient (Wildman–Crippen LogP) is 3.77. The zero-order valence-electron chi connectivity index (χ0n) is 13.4. The Hall–Kier alpha value is -3.21. The van der Waals surface area contributed by atoms with Crippen LogP contribution in [-0.2, 0) is 0 Å². The Labute approximate surface area is 144 Å². The molecule has 0 fully saturated rings. The number of phenolic OH excluding ortho intramolecular Hbond substituents is 1. The number of aromatic amines is 1. The van der Waals surface area contributed by atoms with E-state index in [1.54, 1.807) is 23.1 Å². The third kappa shape index (κ3) is 1.99. The average Bonchev–Trinajstić information content (AvgIpc) is 3.25. The molecular formula is C20H17N3O2. The number of anilines is 1. The van der Waals surface area contributed by atoms with Gasteiger partial charge >= 0.3 is 0 Å². The molecule has 2 atom stereocenters. The first-order valence-electron chi connectivity index (χ1n) is 8.38. The molecule has 1 amide bonds. The van der Waals surface area contributed by atoms with Crippen LogP contribution in [-0.4, -0.2) is 26.9 Å². The number of fused-ring (bicyclic) bond motifs is 3. The highest BCUT2D eigenvalue weighted by Gasteiger charge is 2.39. The summed E-state index contributed by atoms with van der Waals surface area (Å²) >= 11 is 0. The third-order valence-electron chi connectivity index (χ3n) is 5.15. The largest absolute Gasteiger partial charge is 0.506 e. The molecule has 0 saturated heterocycles. The second kappa shape index (κ2) is 5.14. The maximum atomic E-state index is 13.0. The van der Waals surface area contributed by atoms with E-state index in [2.05, 4.69) is 16.4 Å². The van der Waals surface area contributed by atoms with Crippen LogP contribution in [0.1, 0.15) is 28.4 Å². The first-order chi connectivity index (χ1) is 12.2. The highest BCUT2D eigenvalue weighted by atomic mass is 16.3. The van der Waals surface area contributed by atoms with E-state index in [1.165, 1.54) is 0 Å². The highest BCUT2D eigenvalue weighted by Crippen LogP contribution is 2.42. The van der Waals surface area contributed by atoms with Crippen molar-refractivity contribution in [3.63, 3.8) is 0 Å². The van der Waals surface area contributed by atoms with Gasteiger partial charge in [-0.25, -0.2) is 0 Å². The molecule has 5 rings (SSSR count). The van der Waals surface area contributed by atoms with Crippen LogP contribution in [0, 0.1) is 0 Å². The van der Waals surface area contributed by atoms with Crippen LogP contribution >= 0.6 is 0 Å². The Morgan fingerprint density at radius 2 is 2.00 bits per heavy atom. The number of hydrogen-bond donors (Lipinski definition) is 3. The molecule has 2 aromatic carbocycles. The molecular weight excluding hydrogens is 314 g/mol. The maximum Gasteiger partial charge on any atom is 0.260 e. The van der Waals surface area contributed by atoms with E-state index < -0.39 is 0 Å². The van der Waals surface area contributed by atoms with Crippen molar-refractivity contribution in [2.45, 2.75) is 18.5 Å². The van der Waals surface area contributed by atoms with E-state index in [0.717, 1.165) is 22.9 Å². The van der Waals surface area contributed by atoms with Crippen molar-refractivity contribution >= 4 is 22.5 Å². The fraction of sp³-hybridized carbons (Fsp3) is 0.150. The van der Waals surface area contributed by atoms with Crippen molar-refractivity contribution in [2.24, 2.45) is 0 Å². The van der Waals surface area contributed by atoms with Gasteiger partial charge < -0.3 is 20.3 Å². The Bertz CT molecular complexity index is 1020. The van der Waals surface area contributed by atoms with Gasteiger partial charge in [-0.1, -0.05) is 30.3 Å². The number of hydrogen-bond acceptors (Lipinski definition) is 3. The Balaban J connectivity index is 1.71. The fourth-order valence-electron chi connectivity index (χ4n) is 3.95. The number of rotatable bonds is 1. The SMILES string of the molecule is O=C1c2cccc(O)c2N[C@@H](c2c[nH]c3ccccc23)[C@@H]2CC=CN12. The molecule has 2 aliphatic rings. The predicted molar refractivity (Wildman–Crippen MR) is 96.5 cm³/mol. The number of aromatic hydroxyl groups is 1. The molecule has 5 heteroatoms. The van der Waals surface area contributed by atoms with Gasteiger partial charge in [0, 0.05) is 28.9 Å². The second-order valence-electron chi connectivity index (χ2n) is 6.51. The molecule has 1 aromatic heterocycles. The number of carbonyl (C=O) groups is 1. The first-order valence-corrected chi connectivity index (χ1v) is 8.38. The number of carbonyl (C=O) groups excluding carboxylic acids is 1. The molecule has 25 heavy (non-hydrogen) atoms. The molecule has 0 aliphatic carbocycles. The van der Waals surface area contributed by atoms with E-state index in [0.29, 0.717) is 11.3 Å². The lowest BCUT2D eigenvalue weighted by molar-refractivity contribution is 0.0780. The number of aromatic nitrogens is 1. The maximum absolute atomic E-state index is 13.0. The molecule has 0 spiro atoms. The molecule has 2 aliphatic heterocycles. The summed E-state index contributed by atoms with van der Waals surface area (Å²) in [5.74, 6) is 0.0142. The molecule has 0 unspecified atom stereocenters. The minimum atomic E-state index is -0.121. The van der Waals surface area contributed by atoms with Gasteiger partial charge in [0.15, 0.2) is 0 Å². The van der Waals surface area contributed by atoms with E-state index in [1.807, 2.05) is 36.7 Å². The standard InChI is InChI=1S/C20H17N3O2/c24-17-9-3-6-13-19(17)22-18(16-8-4-10-23(16)20(13)25)14-11-21-15-7-2-1-5-12(14)15/h1-7,9-11,16,18,21-22,24H,8H2/t16-,18-/m0/s1. The monoisotopic (exact) mass is 331 g/mol. The quantitative estimate of drug-likeness (QED) is 0.595. The zero-order chi connectivity index (χ0) is 17.0. The van der Waals surface area contributed by atoms with Crippen LogP contribution in [0.3, 0.4) is 0 Å². The smallest absolute Gasteiger partial charge is 0.260 e. The van der Waals surface area contributed by atoms with Gasteiger partial charge in [0.1, 0.15) is 5.75 Å². The number of amides is 1. The molecule has 3 heterocycles. The van der Waals surface area contributed by atoms with Crippen LogP contribution in [0.4, 0.5) is 5.69 Å². The molecule has 3 N–H and O–H groups in total. The summed E-state index contributed by atoms with van der Waals surface area (Å²) < 4.78 is 0. The van der Waals surface area contributed by atoms with E-state index in [9.17, 15) is 9.90 Å². The van der Waals surface area contributed by atoms with Gasteiger partial charge in [-0.2, -0.15) is 0 Å². The zero-order valence-corrected chi connectivity index (χ0v) is 13.4. The average molecular weight is 331 g/mol. The summed E-state index contributed by atoms with van der Waals surface area (Å²) in [6, 6.07) is 13.0. The molecule has 3 aromatic rings. The van der Waals surface area contributed by atoms with Gasteiger partial charge in [0.2, 0.25) is 0 Å². The molecule has 124 valence electrons. The van der Waals surface area contributed by atoms with Crippen molar-refractivity contribution in [1.29, 1.82) is 0 Å². The summed E-state index contributed by atoms with van der Waals surface area (Å²) in [6.07, 6.45) is 6.65. The second-order valence-corrected chi connectivity index (χ2v) is 6.51. The van der Waals surface area contributed by atoms with Crippen molar-refractivity contribution in [2.75, 3.05) is 5.32 Å².